The fourth-order valence-electron chi connectivity index (χ4n) is 5.91. The van der Waals surface area contributed by atoms with Crippen LogP contribution in [0.5, 0.6) is 0 Å². The number of pyridine rings is 1. The second kappa shape index (κ2) is 5.33. The number of carbonyl (C=O) groups excluding carboxylic acids is 1. The fraction of sp³-hybridized carbons (Fsp3) is 0.500. The zero-order chi connectivity index (χ0) is 19.8. The first-order chi connectivity index (χ1) is 13.3. The van der Waals surface area contributed by atoms with Crippen LogP contribution in [0.15, 0.2) is 23.3 Å². The highest BCUT2D eigenvalue weighted by molar-refractivity contribution is 5.95. The lowest BCUT2D eigenvalue weighted by Gasteiger charge is -2.41. The van der Waals surface area contributed by atoms with E-state index in [1.165, 1.54) is 6.33 Å². The highest BCUT2D eigenvalue weighted by atomic mass is 16.2. The van der Waals surface area contributed by atoms with Crippen LogP contribution in [0.2, 0.25) is 0 Å². The third-order valence-corrected chi connectivity index (χ3v) is 7.58. The van der Waals surface area contributed by atoms with Gasteiger partial charge in [0.25, 0.3) is 11.5 Å². The standard InChI is InChI=1S/C20H24N6O2/c1-10-6-12(24-15-8-14(21)22-9-23-15)18(28)26-16(10)17(27)25-13-7-11-4-5-19(13,2)20(11,26)3/h6,8-9,11,13H,4-5,7H2,1-3H3,(H,25,27)(H3,21,22,23,24). The predicted molar refractivity (Wildman–Crippen MR) is 106 cm³/mol. The van der Waals surface area contributed by atoms with Gasteiger partial charge in [0, 0.05) is 17.5 Å². The number of anilines is 3. The Hall–Kier alpha value is -2.90. The van der Waals surface area contributed by atoms with Gasteiger partial charge in [-0.25, -0.2) is 9.97 Å². The van der Waals surface area contributed by atoms with Gasteiger partial charge in [-0.15, -0.1) is 0 Å². The Morgan fingerprint density at radius 3 is 2.82 bits per heavy atom. The lowest BCUT2D eigenvalue weighted by molar-refractivity contribution is 0.0894. The maximum Gasteiger partial charge on any atom is 0.275 e. The molecule has 146 valence electrons. The van der Waals surface area contributed by atoms with Gasteiger partial charge in [-0.05, 0) is 50.7 Å². The van der Waals surface area contributed by atoms with Gasteiger partial charge in [-0.3, -0.25) is 14.2 Å². The Kier molecular flexibility index (Phi) is 3.28. The highest BCUT2D eigenvalue weighted by Gasteiger charge is 2.67. The van der Waals surface area contributed by atoms with Crippen molar-refractivity contribution in [2.45, 2.75) is 51.6 Å². The van der Waals surface area contributed by atoms with Gasteiger partial charge in [0.15, 0.2) is 0 Å². The van der Waals surface area contributed by atoms with Crippen molar-refractivity contribution >= 4 is 23.2 Å². The number of aromatic nitrogens is 3. The lowest BCUT2D eigenvalue weighted by Crippen LogP contribution is -2.50. The van der Waals surface area contributed by atoms with Crippen LogP contribution >= 0.6 is 0 Å². The van der Waals surface area contributed by atoms with Gasteiger partial charge in [-0.2, -0.15) is 0 Å². The normalized spacial score (nSPS) is 32.6. The molecule has 8 nitrogen and oxygen atoms in total. The molecule has 0 aromatic carbocycles. The molecule has 0 spiro atoms. The van der Waals surface area contributed by atoms with Crippen molar-refractivity contribution in [1.82, 2.24) is 19.9 Å². The molecule has 2 aromatic rings. The summed E-state index contributed by atoms with van der Waals surface area (Å²) in [6, 6.07) is 3.40. The molecular weight excluding hydrogens is 356 g/mol. The van der Waals surface area contributed by atoms with Crippen molar-refractivity contribution < 1.29 is 4.79 Å². The van der Waals surface area contributed by atoms with E-state index in [0.29, 0.717) is 28.9 Å². The second-order valence-corrected chi connectivity index (χ2v) is 8.75. The minimum absolute atomic E-state index is 0.0977. The Bertz CT molecular complexity index is 1080. The largest absolute Gasteiger partial charge is 0.384 e. The summed E-state index contributed by atoms with van der Waals surface area (Å²) in [5.74, 6) is 0.975. The monoisotopic (exact) mass is 380 g/mol. The second-order valence-electron chi connectivity index (χ2n) is 8.75. The molecule has 4 bridgehead atoms. The molecule has 0 radical (unpaired) electrons. The Labute approximate surface area is 162 Å². The third kappa shape index (κ3) is 1.95. The molecule has 2 aromatic heterocycles. The number of nitrogen functional groups attached to an aromatic ring is 1. The van der Waals surface area contributed by atoms with Gasteiger partial charge in [0.2, 0.25) is 0 Å². The van der Waals surface area contributed by atoms with Crippen LogP contribution in [0.25, 0.3) is 0 Å². The van der Waals surface area contributed by atoms with Gasteiger partial charge in [0.05, 0.1) is 5.54 Å². The van der Waals surface area contributed by atoms with Gasteiger partial charge in [0.1, 0.15) is 29.3 Å². The van der Waals surface area contributed by atoms with Crippen molar-refractivity contribution in [1.29, 1.82) is 0 Å². The molecule has 2 fully saturated rings. The summed E-state index contributed by atoms with van der Waals surface area (Å²) in [4.78, 5) is 34.7. The zero-order valence-corrected chi connectivity index (χ0v) is 16.2. The number of nitrogens with two attached hydrogens (primary N) is 1. The lowest BCUT2D eigenvalue weighted by atomic mass is 9.73. The number of nitrogens with one attached hydrogen (secondary N) is 2. The maximum atomic E-state index is 13.7. The zero-order valence-electron chi connectivity index (χ0n) is 16.2. The number of carbonyl (C=O) groups is 1. The van der Waals surface area contributed by atoms with Gasteiger partial charge < -0.3 is 16.4 Å². The first kappa shape index (κ1) is 17.2. The smallest absolute Gasteiger partial charge is 0.275 e. The van der Waals surface area contributed by atoms with Crippen LogP contribution < -0.4 is 21.9 Å². The van der Waals surface area contributed by atoms with E-state index in [1.807, 2.05) is 6.92 Å². The number of hydrogen-bond donors (Lipinski definition) is 3. The number of amides is 1. The molecule has 1 aliphatic heterocycles. The van der Waals surface area contributed by atoms with Crippen molar-refractivity contribution in [2.75, 3.05) is 11.1 Å². The van der Waals surface area contributed by atoms with Crippen LogP contribution in [-0.2, 0) is 5.54 Å². The molecule has 28 heavy (non-hydrogen) atoms. The van der Waals surface area contributed by atoms with Crippen molar-refractivity contribution in [3.05, 3.63) is 40.1 Å². The van der Waals surface area contributed by atoms with E-state index in [2.05, 4.69) is 34.4 Å². The summed E-state index contributed by atoms with van der Waals surface area (Å²) in [6.07, 6.45) is 4.35. The molecular formula is C20H24N6O2. The Balaban J connectivity index is 1.74. The molecule has 8 heteroatoms. The molecule has 2 saturated carbocycles. The fourth-order valence-corrected chi connectivity index (χ4v) is 5.91. The van der Waals surface area contributed by atoms with Crippen LogP contribution in [0.1, 0.15) is 49.2 Å². The van der Waals surface area contributed by atoms with E-state index < -0.39 is 5.54 Å². The minimum atomic E-state index is -0.406. The first-order valence-corrected chi connectivity index (χ1v) is 9.68. The van der Waals surface area contributed by atoms with E-state index in [0.717, 1.165) is 24.8 Å². The number of nitrogens with zero attached hydrogens (tertiary/aromatic N) is 3. The predicted octanol–water partition coefficient (Wildman–Crippen LogP) is 1.92. The highest BCUT2D eigenvalue weighted by Crippen LogP contribution is 2.64. The quantitative estimate of drug-likeness (QED) is 0.733. The summed E-state index contributed by atoms with van der Waals surface area (Å²) in [6.45, 7) is 6.24. The molecule has 4 N–H and O–H groups in total. The molecule has 1 amide bonds. The van der Waals surface area contributed by atoms with Crippen LogP contribution in [0, 0.1) is 18.3 Å². The summed E-state index contributed by atoms with van der Waals surface area (Å²) in [5, 5.41) is 6.29. The third-order valence-electron chi connectivity index (χ3n) is 7.58. The van der Waals surface area contributed by atoms with E-state index in [1.54, 1.807) is 16.7 Å². The van der Waals surface area contributed by atoms with Crippen LogP contribution in [0.3, 0.4) is 0 Å². The number of rotatable bonds is 2. The molecule has 4 unspecified atom stereocenters. The van der Waals surface area contributed by atoms with Gasteiger partial charge >= 0.3 is 0 Å². The van der Waals surface area contributed by atoms with Crippen molar-refractivity contribution in [2.24, 2.45) is 11.3 Å². The molecule has 2 aliphatic carbocycles. The maximum absolute atomic E-state index is 13.7. The van der Waals surface area contributed by atoms with E-state index in [-0.39, 0.29) is 22.9 Å². The van der Waals surface area contributed by atoms with Crippen molar-refractivity contribution in [3.8, 4) is 0 Å². The Morgan fingerprint density at radius 2 is 2.07 bits per heavy atom. The number of hydrogen-bond acceptors (Lipinski definition) is 6. The first-order valence-electron chi connectivity index (χ1n) is 9.68. The van der Waals surface area contributed by atoms with E-state index in [9.17, 15) is 9.59 Å². The average Bonchev–Trinajstić information content (AvgIpc) is 2.96. The van der Waals surface area contributed by atoms with E-state index in [4.69, 9.17) is 5.73 Å². The Morgan fingerprint density at radius 1 is 1.29 bits per heavy atom. The molecule has 0 saturated heterocycles. The molecule has 3 aliphatic rings. The average molecular weight is 380 g/mol. The minimum Gasteiger partial charge on any atom is -0.384 e. The van der Waals surface area contributed by atoms with Crippen molar-refractivity contribution in [3.63, 3.8) is 0 Å². The summed E-state index contributed by atoms with van der Waals surface area (Å²) >= 11 is 0. The summed E-state index contributed by atoms with van der Waals surface area (Å²) in [5.41, 5.74) is 6.61. The molecule has 5 rings (SSSR count). The SMILES string of the molecule is Cc1cc(Nc2cc(N)ncn2)c(=O)n2c1C(=O)NC1CC3CCC1(C)C32C. The topological polar surface area (TPSA) is 115 Å². The number of fused-ring (bicyclic) bond motifs is 1. The van der Waals surface area contributed by atoms with Crippen LogP contribution in [-0.4, -0.2) is 26.5 Å². The summed E-state index contributed by atoms with van der Waals surface area (Å²) in [7, 11) is 0. The summed E-state index contributed by atoms with van der Waals surface area (Å²) < 4.78 is 1.77. The van der Waals surface area contributed by atoms with E-state index >= 15 is 0 Å². The van der Waals surface area contributed by atoms with Gasteiger partial charge in [-0.1, -0.05) is 6.92 Å². The number of aryl methyl sites for hydroxylation is 1. The van der Waals surface area contributed by atoms with Crippen LogP contribution in [0.4, 0.5) is 17.3 Å². The molecule has 3 heterocycles. The molecule has 4 atom stereocenters.